The van der Waals surface area contributed by atoms with Gasteiger partial charge in [-0.05, 0) is 30.0 Å². The molecule has 0 fully saturated rings. The molecule has 3 N–H and O–H groups in total. The molecule has 0 spiro atoms. The summed E-state index contributed by atoms with van der Waals surface area (Å²) in [6.45, 7) is 8.17. The van der Waals surface area contributed by atoms with Crippen molar-refractivity contribution in [2.75, 3.05) is 7.11 Å². The zero-order chi connectivity index (χ0) is 12.5. The molecule has 90 valence electrons. The molecule has 0 aromatic heterocycles. The SMILES string of the molecule is COc1c(O)cc(C(C)(C)C)cc1C(C)N. The lowest BCUT2D eigenvalue weighted by atomic mass is 9.85. The quantitative estimate of drug-likeness (QED) is 0.810. The lowest BCUT2D eigenvalue weighted by Crippen LogP contribution is -2.14. The van der Waals surface area contributed by atoms with E-state index in [4.69, 9.17) is 10.5 Å². The Morgan fingerprint density at radius 3 is 2.25 bits per heavy atom. The molecule has 1 aromatic rings. The van der Waals surface area contributed by atoms with Crippen molar-refractivity contribution in [1.29, 1.82) is 0 Å². The Kier molecular flexibility index (Phi) is 3.48. The van der Waals surface area contributed by atoms with E-state index in [2.05, 4.69) is 20.8 Å². The first-order chi connectivity index (χ1) is 7.27. The van der Waals surface area contributed by atoms with Gasteiger partial charge in [-0.15, -0.1) is 0 Å². The van der Waals surface area contributed by atoms with Crippen LogP contribution in [0.1, 0.15) is 44.9 Å². The van der Waals surface area contributed by atoms with E-state index in [0.29, 0.717) is 5.75 Å². The number of rotatable bonds is 2. The number of benzene rings is 1. The van der Waals surface area contributed by atoms with Gasteiger partial charge in [0.15, 0.2) is 11.5 Å². The molecular formula is C13H21NO2. The minimum Gasteiger partial charge on any atom is -0.504 e. The average Bonchev–Trinajstić information content (AvgIpc) is 2.14. The predicted octanol–water partition coefficient (Wildman–Crippen LogP) is 2.72. The van der Waals surface area contributed by atoms with Crippen molar-refractivity contribution >= 4 is 0 Å². The first-order valence-corrected chi connectivity index (χ1v) is 5.44. The highest BCUT2D eigenvalue weighted by atomic mass is 16.5. The molecular weight excluding hydrogens is 202 g/mol. The third-order valence-electron chi connectivity index (χ3n) is 2.66. The van der Waals surface area contributed by atoms with Crippen LogP contribution in [0.4, 0.5) is 0 Å². The van der Waals surface area contributed by atoms with Gasteiger partial charge < -0.3 is 15.6 Å². The summed E-state index contributed by atoms with van der Waals surface area (Å²) in [5.41, 5.74) is 7.75. The molecule has 3 nitrogen and oxygen atoms in total. The molecule has 0 heterocycles. The van der Waals surface area contributed by atoms with Crippen molar-refractivity contribution in [2.45, 2.75) is 39.2 Å². The fraction of sp³-hybridized carbons (Fsp3) is 0.538. The Balaban J connectivity index is 3.40. The maximum atomic E-state index is 9.90. The Morgan fingerprint density at radius 1 is 1.31 bits per heavy atom. The number of ether oxygens (including phenoxy) is 1. The minimum absolute atomic E-state index is 0.0204. The standard InChI is InChI=1S/C13H21NO2/c1-8(14)10-6-9(13(2,3)4)7-11(15)12(10)16-5/h6-8,15H,14H2,1-5H3. The maximum absolute atomic E-state index is 9.90. The van der Waals surface area contributed by atoms with E-state index in [1.54, 1.807) is 6.07 Å². The summed E-state index contributed by atoms with van der Waals surface area (Å²) < 4.78 is 5.18. The van der Waals surface area contributed by atoms with Gasteiger partial charge in [-0.25, -0.2) is 0 Å². The first-order valence-electron chi connectivity index (χ1n) is 5.44. The van der Waals surface area contributed by atoms with E-state index in [1.807, 2.05) is 13.0 Å². The number of phenolic OH excluding ortho intramolecular Hbond substituents is 1. The summed E-state index contributed by atoms with van der Waals surface area (Å²) in [5, 5.41) is 9.90. The van der Waals surface area contributed by atoms with Crippen LogP contribution in [0.5, 0.6) is 11.5 Å². The molecule has 0 aliphatic carbocycles. The second-order valence-corrected chi connectivity index (χ2v) is 5.16. The minimum atomic E-state index is -0.164. The molecule has 3 heteroatoms. The molecule has 0 radical (unpaired) electrons. The van der Waals surface area contributed by atoms with Crippen LogP contribution < -0.4 is 10.5 Å². The molecule has 16 heavy (non-hydrogen) atoms. The van der Waals surface area contributed by atoms with E-state index in [1.165, 1.54) is 7.11 Å². The smallest absolute Gasteiger partial charge is 0.165 e. The van der Waals surface area contributed by atoms with E-state index in [-0.39, 0.29) is 17.2 Å². The van der Waals surface area contributed by atoms with Crippen molar-refractivity contribution in [1.82, 2.24) is 0 Å². The predicted molar refractivity (Wildman–Crippen MR) is 66.0 cm³/mol. The Labute approximate surface area is 97.2 Å². The van der Waals surface area contributed by atoms with Crippen LogP contribution in [0.2, 0.25) is 0 Å². The average molecular weight is 223 g/mol. The van der Waals surface area contributed by atoms with E-state index < -0.39 is 0 Å². The van der Waals surface area contributed by atoms with Crippen LogP contribution in [0.25, 0.3) is 0 Å². The number of aromatic hydroxyl groups is 1. The highest BCUT2D eigenvalue weighted by molar-refractivity contribution is 5.51. The molecule has 0 amide bonds. The van der Waals surface area contributed by atoms with Crippen LogP contribution in [-0.4, -0.2) is 12.2 Å². The van der Waals surface area contributed by atoms with Crippen molar-refractivity contribution in [3.8, 4) is 11.5 Å². The summed E-state index contributed by atoms with van der Waals surface area (Å²) in [6, 6.07) is 3.58. The summed E-state index contributed by atoms with van der Waals surface area (Å²) >= 11 is 0. The van der Waals surface area contributed by atoms with Gasteiger partial charge in [0.2, 0.25) is 0 Å². The van der Waals surface area contributed by atoms with Gasteiger partial charge in [-0.2, -0.15) is 0 Å². The summed E-state index contributed by atoms with van der Waals surface area (Å²) in [4.78, 5) is 0. The van der Waals surface area contributed by atoms with E-state index in [9.17, 15) is 5.11 Å². The van der Waals surface area contributed by atoms with Crippen LogP contribution in [0.15, 0.2) is 12.1 Å². The lowest BCUT2D eigenvalue weighted by Gasteiger charge is -2.23. The Bertz CT molecular complexity index is 378. The van der Waals surface area contributed by atoms with Gasteiger partial charge in [0.25, 0.3) is 0 Å². The lowest BCUT2D eigenvalue weighted by molar-refractivity contribution is 0.365. The number of methoxy groups -OCH3 is 1. The topological polar surface area (TPSA) is 55.5 Å². The second kappa shape index (κ2) is 4.34. The third-order valence-corrected chi connectivity index (χ3v) is 2.66. The molecule has 0 saturated heterocycles. The third kappa shape index (κ3) is 2.47. The number of nitrogens with two attached hydrogens (primary N) is 1. The van der Waals surface area contributed by atoms with Crippen LogP contribution in [-0.2, 0) is 5.41 Å². The maximum Gasteiger partial charge on any atom is 0.165 e. The molecule has 0 bridgehead atoms. The van der Waals surface area contributed by atoms with Gasteiger partial charge in [0, 0.05) is 11.6 Å². The molecule has 1 aromatic carbocycles. The number of hydrogen-bond acceptors (Lipinski definition) is 3. The first kappa shape index (κ1) is 12.8. The zero-order valence-corrected chi connectivity index (χ0v) is 10.7. The van der Waals surface area contributed by atoms with Crippen LogP contribution in [0.3, 0.4) is 0 Å². The van der Waals surface area contributed by atoms with Gasteiger partial charge in [0.1, 0.15) is 0 Å². The van der Waals surface area contributed by atoms with Gasteiger partial charge in [0.05, 0.1) is 7.11 Å². The molecule has 0 aliphatic heterocycles. The van der Waals surface area contributed by atoms with Crippen molar-refractivity contribution in [3.63, 3.8) is 0 Å². The Hall–Kier alpha value is -1.22. The number of phenols is 1. The zero-order valence-electron chi connectivity index (χ0n) is 10.7. The summed E-state index contributed by atoms with van der Waals surface area (Å²) in [6.07, 6.45) is 0. The monoisotopic (exact) mass is 223 g/mol. The molecule has 1 unspecified atom stereocenters. The van der Waals surface area contributed by atoms with Crippen molar-refractivity contribution in [2.24, 2.45) is 5.73 Å². The molecule has 1 rings (SSSR count). The normalized spacial score (nSPS) is 13.6. The van der Waals surface area contributed by atoms with Gasteiger partial charge >= 0.3 is 0 Å². The van der Waals surface area contributed by atoms with E-state index in [0.717, 1.165) is 11.1 Å². The highest BCUT2D eigenvalue weighted by Crippen LogP contribution is 2.38. The number of hydrogen-bond donors (Lipinski definition) is 2. The van der Waals surface area contributed by atoms with Crippen LogP contribution in [0, 0.1) is 0 Å². The van der Waals surface area contributed by atoms with Crippen molar-refractivity contribution < 1.29 is 9.84 Å². The van der Waals surface area contributed by atoms with E-state index >= 15 is 0 Å². The molecule has 1 atom stereocenters. The second-order valence-electron chi connectivity index (χ2n) is 5.16. The summed E-state index contributed by atoms with van der Waals surface area (Å²) in [5.74, 6) is 0.630. The van der Waals surface area contributed by atoms with Crippen molar-refractivity contribution in [3.05, 3.63) is 23.3 Å². The van der Waals surface area contributed by atoms with Crippen LogP contribution >= 0.6 is 0 Å². The van der Waals surface area contributed by atoms with Gasteiger partial charge in [-0.3, -0.25) is 0 Å². The molecule has 0 saturated carbocycles. The van der Waals surface area contributed by atoms with Gasteiger partial charge in [-0.1, -0.05) is 20.8 Å². The fourth-order valence-electron chi connectivity index (χ4n) is 1.63. The largest absolute Gasteiger partial charge is 0.504 e. The summed E-state index contributed by atoms with van der Waals surface area (Å²) in [7, 11) is 1.54. The molecule has 0 aliphatic rings. The fourth-order valence-corrected chi connectivity index (χ4v) is 1.63. The Morgan fingerprint density at radius 2 is 1.88 bits per heavy atom. The highest BCUT2D eigenvalue weighted by Gasteiger charge is 2.20.